The molecule has 1 aromatic rings. The maximum Gasteiger partial charge on any atom is 0.0296 e. The maximum absolute atomic E-state index is 3.86. The average molecular weight is 257 g/mol. The highest BCUT2D eigenvalue weighted by Gasteiger charge is 2.41. The third kappa shape index (κ3) is 2.58. The first kappa shape index (κ1) is 13.2. The topological polar surface area (TPSA) is 12.0 Å². The molecular weight excluding hydrogens is 230 g/mol. The van der Waals surface area contributed by atoms with Crippen LogP contribution in [0.2, 0.25) is 0 Å². The fraction of sp³-hybridized carbons (Fsp3) is 0.667. The van der Waals surface area contributed by atoms with Crippen LogP contribution in [0.3, 0.4) is 0 Å². The fourth-order valence-corrected chi connectivity index (χ4v) is 4.59. The molecule has 1 heteroatoms. The highest BCUT2D eigenvalue weighted by molar-refractivity contribution is 5.28. The fourth-order valence-electron chi connectivity index (χ4n) is 4.59. The molecule has 2 fully saturated rings. The van der Waals surface area contributed by atoms with Gasteiger partial charge in [-0.2, -0.15) is 0 Å². The van der Waals surface area contributed by atoms with Gasteiger partial charge in [0.15, 0.2) is 0 Å². The Labute approximate surface area is 117 Å². The molecule has 0 heterocycles. The molecule has 2 aliphatic carbocycles. The third-order valence-electron chi connectivity index (χ3n) is 5.60. The van der Waals surface area contributed by atoms with Crippen LogP contribution in [0.25, 0.3) is 0 Å². The second-order valence-electron chi connectivity index (χ2n) is 6.87. The molecular formula is C18H27N. The van der Waals surface area contributed by atoms with Gasteiger partial charge in [-0.05, 0) is 68.9 Å². The van der Waals surface area contributed by atoms with Crippen LogP contribution < -0.4 is 5.32 Å². The van der Waals surface area contributed by atoms with Crippen molar-refractivity contribution in [3.63, 3.8) is 0 Å². The Morgan fingerprint density at radius 2 is 1.89 bits per heavy atom. The lowest BCUT2D eigenvalue weighted by Gasteiger charge is -2.31. The Hall–Kier alpha value is -0.820. The van der Waals surface area contributed by atoms with Crippen molar-refractivity contribution in [2.45, 2.75) is 58.5 Å². The summed E-state index contributed by atoms with van der Waals surface area (Å²) in [4.78, 5) is 0. The van der Waals surface area contributed by atoms with Crippen molar-refractivity contribution in [3.8, 4) is 0 Å². The number of hydrogen-bond acceptors (Lipinski definition) is 1. The monoisotopic (exact) mass is 257 g/mol. The molecule has 1 aromatic carbocycles. The molecule has 0 saturated heterocycles. The first-order valence-electron chi connectivity index (χ1n) is 7.96. The minimum atomic E-state index is 0.468. The quantitative estimate of drug-likeness (QED) is 0.839. The minimum absolute atomic E-state index is 0.468. The van der Waals surface area contributed by atoms with E-state index in [0.29, 0.717) is 12.1 Å². The molecule has 1 N–H and O–H groups in total. The highest BCUT2D eigenvalue weighted by Crippen LogP contribution is 2.49. The molecule has 2 saturated carbocycles. The van der Waals surface area contributed by atoms with Crippen LogP contribution in [-0.4, -0.2) is 6.04 Å². The number of rotatable bonds is 4. The van der Waals surface area contributed by atoms with Crippen molar-refractivity contribution in [3.05, 3.63) is 35.4 Å². The molecule has 2 bridgehead atoms. The van der Waals surface area contributed by atoms with E-state index in [-0.39, 0.29) is 0 Å². The lowest BCUT2D eigenvalue weighted by Crippen LogP contribution is -2.37. The van der Waals surface area contributed by atoms with E-state index >= 15 is 0 Å². The van der Waals surface area contributed by atoms with Crippen molar-refractivity contribution in [1.82, 2.24) is 5.32 Å². The van der Waals surface area contributed by atoms with Gasteiger partial charge >= 0.3 is 0 Å². The zero-order chi connectivity index (χ0) is 13.4. The molecule has 2 aliphatic rings. The predicted octanol–water partition coefficient (Wildman–Crippen LogP) is 4.47. The molecule has 1 nitrogen and oxygen atoms in total. The van der Waals surface area contributed by atoms with Gasteiger partial charge in [0.05, 0.1) is 0 Å². The van der Waals surface area contributed by atoms with Gasteiger partial charge in [-0.3, -0.25) is 0 Å². The van der Waals surface area contributed by atoms with Gasteiger partial charge in [-0.1, -0.05) is 30.7 Å². The highest BCUT2D eigenvalue weighted by atomic mass is 15.0. The van der Waals surface area contributed by atoms with E-state index in [4.69, 9.17) is 0 Å². The summed E-state index contributed by atoms with van der Waals surface area (Å²) in [5.74, 6) is 2.98. The molecule has 104 valence electrons. The molecule has 0 radical (unpaired) electrons. The summed E-state index contributed by atoms with van der Waals surface area (Å²) in [6, 6.07) is 9.89. The summed E-state index contributed by atoms with van der Waals surface area (Å²) in [5, 5.41) is 3.86. The van der Waals surface area contributed by atoms with Crippen LogP contribution in [0.1, 0.15) is 56.7 Å². The second kappa shape index (κ2) is 5.28. The summed E-state index contributed by atoms with van der Waals surface area (Å²) in [6.07, 6.45) is 5.97. The number of hydrogen-bond donors (Lipinski definition) is 1. The summed E-state index contributed by atoms with van der Waals surface area (Å²) in [7, 11) is 0. The van der Waals surface area contributed by atoms with E-state index in [2.05, 4.69) is 50.4 Å². The predicted molar refractivity (Wildman–Crippen MR) is 81.1 cm³/mol. The summed E-state index contributed by atoms with van der Waals surface area (Å²) in [5.41, 5.74) is 2.86. The van der Waals surface area contributed by atoms with E-state index in [1.807, 2.05) is 0 Å². The normalized spacial score (nSPS) is 32.5. The van der Waals surface area contributed by atoms with Crippen LogP contribution in [0.5, 0.6) is 0 Å². The van der Waals surface area contributed by atoms with Gasteiger partial charge < -0.3 is 5.32 Å². The van der Waals surface area contributed by atoms with E-state index in [1.165, 1.54) is 36.8 Å². The molecule has 5 atom stereocenters. The number of aryl methyl sites for hydroxylation is 1. The lowest BCUT2D eigenvalue weighted by molar-refractivity contribution is 0.248. The smallest absolute Gasteiger partial charge is 0.0296 e. The van der Waals surface area contributed by atoms with Crippen LogP contribution >= 0.6 is 0 Å². The zero-order valence-electron chi connectivity index (χ0n) is 12.5. The van der Waals surface area contributed by atoms with E-state index in [0.717, 1.165) is 17.8 Å². The van der Waals surface area contributed by atoms with Crippen LogP contribution in [0, 0.1) is 24.7 Å². The first-order valence-corrected chi connectivity index (χ1v) is 7.96. The minimum Gasteiger partial charge on any atom is -0.307 e. The number of benzene rings is 1. The van der Waals surface area contributed by atoms with Crippen LogP contribution in [0.4, 0.5) is 0 Å². The van der Waals surface area contributed by atoms with Crippen molar-refractivity contribution in [2.24, 2.45) is 17.8 Å². The van der Waals surface area contributed by atoms with Gasteiger partial charge in [0.25, 0.3) is 0 Å². The van der Waals surface area contributed by atoms with Crippen LogP contribution in [-0.2, 0) is 0 Å². The largest absolute Gasteiger partial charge is 0.307 e. The zero-order valence-corrected chi connectivity index (χ0v) is 12.5. The summed E-state index contributed by atoms with van der Waals surface area (Å²) >= 11 is 0. The van der Waals surface area contributed by atoms with Gasteiger partial charge in [0.1, 0.15) is 0 Å². The molecule has 0 amide bonds. The Kier molecular flexibility index (Phi) is 3.66. The molecule has 19 heavy (non-hydrogen) atoms. The SMILES string of the molecule is Cc1ccccc1C(C)NC(C)C1CC2CCC1C2. The lowest BCUT2D eigenvalue weighted by atomic mass is 9.83. The third-order valence-corrected chi connectivity index (χ3v) is 5.60. The maximum atomic E-state index is 3.86. The van der Waals surface area contributed by atoms with E-state index < -0.39 is 0 Å². The van der Waals surface area contributed by atoms with Crippen molar-refractivity contribution >= 4 is 0 Å². The Balaban J connectivity index is 1.63. The Morgan fingerprint density at radius 1 is 1.11 bits per heavy atom. The first-order chi connectivity index (χ1) is 9.15. The Morgan fingerprint density at radius 3 is 2.53 bits per heavy atom. The summed E-state index contributed by atoms with van der Waals surface area (Å²) < 4.78 is 0. The van der Waals surface area contributed by atoms with E-state index in [9.17, 15) is 0 Å². The van der Waals surface area contributed by atoms with Crippen LogP contribution in [0.15, 0.2) is 24.3 Å². The van der Waals surface area contributed by atoms with Gasteiger partial charge in [0, 0.05) is 12.1 Å². The Bertz CT molecular complexity index is 439. The van der Waals surface area contributed by atoms with Gasteiger partial charge in [0.2, 0.25) is 0 Å². The summed E-state index contributed by atoms with van der Waals surface area (Å²) in [6.45, 7) is 6.93. The molecule has 3 rings (SSSR count). The standard InChI is InChI=1S/C18H27N/c1-12-6-4-5-7-17(12)13(2)19-14(3)18-11-15-8-9-16(18)10-15/h4-7,13-16,18-19H,8-11H2,1-3H3. The van der Waals surface area contributed by atoms with Gasteiger partial charge in [-0.15, -0.1) is 0 Å². The molecule has 0 aliphatic heterocycles. The molecule has 0 spiro atoms. The van der Waals surface area contributed by atoms with E-state index in [1.54, 1.807) is 0 Å². The van der Waals surface area contributed by atoms with Crippen molar-refractivity contribution < 1.29 is 0 Å². The number of nitrogens with one attached hydrogen (secondary N) is 1. The average Bonchev–Trinajstić information content (AvgIpc) is 3.01. The van der Waals surface area contributed by atoms with Crippen molar-refractivity contribution in [2.75, 3.05) is 0 Å². The molecule has 5 unspecified atom stereocenters. The molecule has 0 aromatic heterocycles. The van der Waals surface area contributed by atoms with Crippen molar-refractivity contribution in [1.29, 1.82) is 0 Å². The van der Waals surface area contributed by atoms with Gasteiger partial charge in [-0.25, -0.2) is 0 Å². The number of fused-ring (bicyclic) bond motifs is 2. The second-order valence-corrected chi connectivity index (χ2v) is 6.87.